The number of amides is 1. The van der Waals surface area contributed by atoms with E-state index in [0.717, 1.165) is 54.8 Å². The molecule has 1 atom stereocenters. The number of fused-ring (bicyclic) bond motifs is 1. The van der Waals surface area contributed by atoms with Gasteiger partial charge in [0, 0.05) is 43.9 Å². The van der Waals surface area contributed by atoms with Gasteiger partial charge in [0.1, 0.15) is 5.75 Å². The third-order valence-corrected chi connectivity index (χ3v) is 7.00. The summed E-state index contributed by atoms with van der Waals surface area (Å²) in [7, 11) is 1.69. The number of methoxy groups -OCH3 is 1. The van der Waals surface area contributed by atoms with Crippen LogP contribution in [0.4, 0.5) is 5.69 Å². The highest BCUT2D eigenvalue weighted by Gasteiger charge is 2.42. The van der Waals surface area contributed by atoms with Crippen LogP contribution in [0.1, 0.15) is 24.0 Å². The number of nitrogens with one attached hydrogen (secondary N) is 1. The van der Waals surface area contributed by atoms with Crippen molar-refractivity contribution in [3.8, 4) is 16.9 Å². The second-order valence-corrected chi connectivity index (χ2v) is 9.15. The lowest BCUT2D eigenvalue weighted by Crippen LogP contribution is -2.49. The van der Waals surface area contributed by atoms with E-state index >= 15 is 0 Å². The number of benzene rings is 3. The van der Waals surface area contributed by atoms with Crippen LogP contribution < -0.4 is 15.0 Å². The first-order chi connectivity index (χ1) is 16.7. The van der Waals surface area contributed by atoms with Gasteiger partial charge in [0.15, 0.2) is 5.60 Å². The molecule has 2 aliphatic rings. The highest BCUT2D eigenvalue weighted by atomic mass is 16.5. The topological polar surface area (TPSA) is 50.8 Å². The Morgan fingerprint density at radius 2 is 1.94 bits per heavy atom. The van der Waals surface area contributed by atoms with E-state index in [1.165, 1.54) is 11.3 Å². The van der Waals surface area contributed by atoms with E-state index in [9.17, 15) is 4.79 Å². The van der Waals surface area contributed by atoms with Gasteiger partial charge in [0.25, 0.3) is 5.91 Å². The largest absolute Gasteiger partial charge is 0.496 e. The van der Waals surface area contributed by atoms with Gasteiger partial charge in [-0.2, -0.15) is 0 Å². The van der Waals surface area contributed by atoms with Crippen molar-refractivity contribution in [1.29, 1.82) is 0 Å². The first kappa shape index (κ1) is 22.5. The molecule has 2 heterocycles. The molecule has 176 valence electrons. The summed E-state index contributed by atoms with van der Waals surface area (Å²) >= 11 is 0. The zero-order valence-electron chi connectivity index (χ0n) is 19.8. The highest BCUT2D eigenvalue weighted by molar-refractivity contribution is 5.86. The van der Waals surface area contributed by atoms with Crippen LogP contribution in [0.15, 0.2) is 72.8 Å². The molecule has 34 heavy (non-hydrogen) atoms. The van der Waals surface area contributed by atoms with Crippen molar-refractivity contribution in [1.82, 2.24) is 5.32 Å². The first-order valence-electron chi connectivity index (χ1n) is 12.2. The number of nitrogens with zero attached hydrogens (tertiary/aromatic N) is 1. The van der Waals surface area contributed by atoms with Gasteiger partial charge in [-0.25, -0.2) is 0 Å². The molecule has 0 aromatic heterocycles. The molecule has 1 amide bonds. The second kappa shape index (κ2) is 9.90. The average Bonchev–Trinajstić information content (AvgIpc) is 3.52. The normalized spacial score (nSPS) is 19.1. The minimum Gasteiger partial charge on any atom is -0.496 e. The summed E-state index contributed by atoms with van der Waals surface area (Å²) in [6, 6.07) is 24.9. The van der Waals surface area contributed by atoms with E-state index in [1.807, 2.05) is 24.3 Å². The number of hydrogen-bond donors (Lipinski definition) is 1. The van der Waals surface area contributed by atoms with Crippen LogP contribution in [0, 0.1) is 0 Å². The smallest absolute Gasteiger partial charge is 0.252 e. The van der Waals surface area contributed by atoms with Crippen molar-refractivity contribution >= 4 is 11.6 Å². The summed E-state index contributed by atoms with van der Waals surface area (Å²) in [5.41, 5.74) is 5.09. The predicted octanol–water partition coefficient (Wildman–Crippen LogP) is 4.63. The molecule has 2 aliphatic heterocycles. The average molecular weight is 457 g/mol. The molecule has 3 aromatic rings. The third kappa shape index (κ3) is 4.53. The number of para-hydroxylation sites is 2. The molecule has 0 bridgehead atoms. The van der Waals surface area contributed by atoms with Gasteiger partial charge in [-0.3, -0.25) is 4.79 Å². The van der Waals surface area contributed by atoms with Crippen LogP contribution in [0.5, 0.6) is 5.75 Å². The van der Waals surface area contributed by atoms with Crippen LogP contribution in [0.3, 0.4) is 0 Å². The molecule has 0 aliphatic carbocycles. The van der Waals surface area contributed by atoms with Crippen molar-refractivity contribution in [2.24, 2.45) is 0 Å². The molecule has 1 fully saturated rings. The standard InChI is InChI=1S/C29H32N2O3/c1-33-27-13-5-3-11-25(27)24-10-6-8-22(20-24)21-29(15-7-19-34-29)28(32)30-16-18-31-17-14-23-9-2-4-12-26(23)31/h2-6,8-13,20H,7,14-19,21H2,1H3,(H,30,32). The van der Waals surface area contributed by atoms with Gasteiger partial charge >= 0.3 is 0 Å². The second-order valence-electron chi connectivity index (χ2n) is 9.15. The van der Waals surface area contributed by atoms with E-state index in [1.54, 1.807) is 7.11 Å². The number of carbonyl (C=O) groups excluding carboxylic acids is 1. The Morgan fingerprint density at radius 1 is 1.09 bits per heavy atom. The molecule has 5 heteroatoms. The summed E-state index contributed by atoms with van der Waals surface area (Å²) in [5, 5.41) is 3.18. The van der Waals surface area contributed by atoms with Crippen LogP contribution >= 0.6 is 0 Å². The van der Waals surface area contributed by atoms with E-state index in [-0.39, 0.29) is 5.91 Å². The molecule has 1 unspecified atom stereocenters. The zero-order chi connectivity index (χ0) is 23.4. The third-order valence-electron chi connectivity index (χ3n) is 7.00. The van der Waals surface area contributed by atoms with Gasteiger partial charge in [0.2, 0.25) is 0 Å². The molecular formula is C29H32N2O3. The summed E-state index contributed by atoms with van der Waals surface area (Å²) < 4.78 is 11.7. The van der Waals surface area contributed by atoms with Crippen LogP contribution in [0.25, 0.3) is 11.1 Å². The fourth-order valence-electron chi connectivity index (χ4n) is 5.26. The van der Waals surface area contributed by atoms with Gasteiger partial charge in [-0.1, -0.05) is 60.7 Å². The lowest BCUT2D eigenvalue weighted by Gasteiger charge is -2.28. The van der Waals surface area contributed by atoms with Crippen LogP contribution in [-0.4, -0.2) is 44.9 Å². The van der Waals surface area contributed by atoms with Gasteiger partial charge in [-0.15, -0.1) is 0 Å². The highest BCUT2D eigenvalue weighted by Crippen LogP contribution is 2.34. The molecule has 3 aromatic carbocycles. The molecule has 0 radical (unpaired) electrons. The summed E-state index contributed by atoms with van der Waals surface area (Å²) in [5.74, 6) is 0.841. The summed E-state index contributed by atoms with van der Waals surface area (Å²) in [6.45, 7) is 3.05. The van der Waals surface area contributed by atoms with E-state index in [2.05, 4.69) is 58.7 Å². The number of ether oxygens (including phenoxy) is 2. The molecule has 5 rings (SSSR count). The van der Waals surface area contributed by atoms with E-state index in [0.29, 0.717) is 19.6 Å². The Bertz CT molecular complexity index is 1150. The molecular weight excluding hydrogens is 424 g/mol. The van der Waals surface area contributed by atoms with Crippen molar-refractivity contribution in [2.75, 3.05) is 38.3 Å². The van der Waals surface area contributed by atoms with Crippen molar-refractivity contribution in [3.05, 3.63) is 83.9 Å². The number of rotatable bonds is 8. The quantitative estimate of drug-likeness (QED) is 0.537. The van der Waals surface area contributed by atoms with E-state index < -0.39 is 5.60 Å². The molecule has 1 saturated heterocycles. The maximum absolute atomic E-state index is 13.4. The SMILES string of the molecule is COc1ccccc1-c1cccc(CC2(C(=O)NCCN3CCc4ccccc43)CCCO2)c1. The van der Waals surface area contributed by atoms with Crippen LogP contribution in [-0.2, 0) is 22.4 Å². The first-order valence-corrected chi connectivity index (χ1v) is 12.2. The monoisotopic (exact) mass is 456 g/mol. The van der Waals surface area contributed by atoms with Gasteiger partial charge < -0.3 is 19.7 Å². The number of hydrogen-bond acceptors (Lipinski definition) is 4. The lowest BCUT2D eigenvalue weighted by atomic mass is 9.89. The fourth-order valence-corrected chi connectivity index (χ4v) is 5.26. The summed E-state index contributed by atoms with van der Waals surface area (Å²) in [6.07, 6.45) is 3.28. The Balaban J connectivity index is 1.27. The maximum Gasteiger partial charge on any atom is 0.252 e. The van der Waals surface area contributed by atoms with Gasteiger partial charge in [-0.05, 0) is 48.1 Å². The minimum absolute atomic E-state index is 0.000164. The summed E-state index contributed by atoms with van der Waals surface area (Å²) in [4.78, 5) is 15.7. The predicted molar refractivity (Wildman–Crippen MR) is 135 cm³/mol. The minimum atomic E-state index is -0.803. The molecule has 0 spiro atoms. The Kier molecular flexibility index (Phi) is 6.54. The Morgan fingerprint density at radius 3 is 2.79 bits per heavy atom. The number of anilines is 1. The molecule has 1 N–H and O–H groups in total. The lowest BCUT2D eigenvalue weighted by molar-refractivity contribution is -0.141. The van der Waals surface area contributed by atoms with Crippen LogP contribution in [0.2, 0.25) is 0 Å². The number of carbonyl (C=O) groups is 1. The molecule has 0 saturated carbocycles. The fraction of sp³-hybridized carbons (Fsp3) is 0.345. The van der Waals surface area contributed by atoms with Crippen molar-refractivity contribution in [3.63, 3.8) is 0 Å². The Hall–Kier alpha value is -3.31. The molecule has 5 nitrogen and oxygen atoms in total. The van der Waals surface area contributed by atoms with Crippen molar-refractivity contribution in [2.45, 2.75) is 31.3 Å². The van der Waals surface area contributed by atoms with Crippen molar-refractivity contribution < 1.29 is 14.3 Å². The van der Waals surface area contributed by atoms with E-state index in [4.69, 9.17) is 9.47 Å². The Labute approximate surface area is 201 Å². The zero-order valence-corrected chi connectivity index (χ0v) is 19.8. The van der Waals surface area contributed by atoms with Gasteiger partial charge in [0.05, 0.1) is 7.11 Å². The maximum atomic E-state index is 13.4.